The van der Waals surface area contributed by atoms with Gasteiger partial charge in [-0.05, 0) is 24.8 Å². The van der Waals surface area contributed by atoms with Crippen molar-refractivity contribution < 1.29 is 9.59 Å². The number of nitrogens with one attached hydrogen (secondary N) is 3. The molecule has 28 heavy (non-hydrogen) atoms. The van der Waals surface area contributed by atoms with Crippen LogP contribution in [0.2, 0.25) is 0 Å². The maximum atomic E-state index is 12.5. The van der Waals surface area contributed by atoms with Gasteiger partial charge in [0.2, 0.25) is 5.91 Å². The number of hydrogen-bond donors (Lipinski definition) is 3. The van der Waals surface area contributed by atoms with Crippen LogP contribution in [0.3, 0.4) is 0 Å². The van der Waals surface area contributed by atoms with Gasteiger partial charge in [-0.15, -0.1) is 0 Å². The number of carbonyl (C=O) groups excluding carboxylic acids is 2. The van der Waals surface area contributed by atoms with Crippen LogP contribution in [-0.2, 0) is 4.79 Å². The van der Waals surface area contributed by atoms with Gasteiger partial charge in [-0.25, -0.2) is 9.97 Å². The molecule has 1 saturated carbocycles. The summed E-state index contributed by atoms with van der Waals surface area (Å²) < 4.78 is 0. The van der Waals surface area contributed by atoms with Crippen LogP contribution < -0.4 is 10.6 Å². The van der Waals surface area contributed by atoms with Gasteiger partial charge < -0.3 is 20.5 Å². The zero-order chi connectivity index (χ0) is 19.9. The van der Waals surface area contributed by atoms with Crippen molar-refractivity contribution in [3.05, 3.63) is 30.6 Å². The largest absolute Gasteiger partial charge is 0.364 e. The monoisotopic (exact) mass is 382 g/mol. The number of anilines is 1. The standard InChI is InChI=1S/C20H26N6O2/c1-4-16(27)26-10-14(20(11-26)5-6-20)24-15-9-22-18-17(25-15)13(8-21-18)19(28)23-7-12(2)3/h4,8-9,12,14H,1,5-7,10-11H2,2-3H3,(H,21,22)(H,23,28)(H,24,25). The molecule has 0 radical (unpaired) electrons. The Morgan fingerprint density at radius 2 is 2.25 bits per heavy atom. The fourth-order valence-electron chi connectivity index (χ4n) is 3.84. The quantitative estimate of drug-likeness (QED) is 0.663. The topological polar surface area (TPSA) is 103 Å². The number of H-pyrrole nitrogens is 1. The average Bonchev–Trinajstić information content (AvgIpc) is 3.19. The van der Waals surface area contributed by atoms with Crippen LogP contribution in [0.5, 0.6) is 0 Å². The van der Waals surface area contributed by atoms with Crippen molar-refractivity contribution in [1.29, 1.82) is 0 Å². The van der Waals surface area contributed by atoms with Crippen LogP contribution in [-0.4, -0.2) is 57.3 Å². The average molecular weight is 382 g/mol. The van der Waals surface area contributed by atoms with E-state index in [-0.39, 0.29) is 23.3 Å². The molecule has 2 amide bonds. The van der Waals surface area contributed by atoms with Crippen molar-refractivity contribution in [3.63, 3.8) is 0 Å². The zero-order valence-electron chi connectivity index (χ0n) is 16.3. The Kier molecular flexibility index (Phi) is 4.56. The minimum Gasteiger partial charge on any atom is -0.364 e. The molecule has 1 spiro atoms. The van der Waals surface area contributed by atoms with Gasteiger partial charge in [0.25, 0.3) is 5.91 Å². The maximum absolute atomic E-state index is 12.5. The van der Waals surface area contributed by atoms with Crippen LogP contribution in [0.4, 0.5) is 5.82 Å². The summed E-state index contributed by atoms with van der Waals surface area (Å²) in [5.41, 5.74) is 1.73. The predicted octanol–water partition coefficient (Wildman–Crippen LogP) is 1.93. The molecule has 148 valence electrons. The molecule has 3 heterocycles. The Balaban J connectivity index is 1.53. The fraction of sp³-hybridized carbons (Fsp3) is 0.500. The first kappa shape index (κ1) is 18.5. The summed E-state index contributed by atoms with van der Waals surface area (Å²) in [7, 11) is 0. The van der Waals surface area contributed by atoms with Gasteiger partial charge in [-0.3, -0.25) is 9.59 Å². The Morgan fingerprint density at radius 1 is 1.46 bits per heavy atom. The summed E-state index contributed by atoms with van der Waals surface area (Å²) in [5.74, 6) is 0.797. The second-order valence-electron chi connectivity index (χ2n) is 8.24. The number of aromatic amines is 1. The van der Waals surface area contributed by atoms with Gasteiger partial charge in [-0.1, -0.05) is 20.4 Å². The van der Waals surface area contributed by atoms with Gasteiger partial charge >= 0.3 is 0 Å². The Morgan fingerprint density at radius 3 is 2.93 bits per heavy atom. The molecule has 0 bridgehead atoms. The molecule has 3 N–H and O–H groups in total. The lowest BCUT2D eigenvalue weighted by Gasteiger charge is -2.18. The molecule has 1 unspecified atom stereocenters. The van der Waals surface area contributed by atoms with E-state index < -0.39 is 0 Å². The van der Waals surface area contributed by atoms with Gasteiger partial charge in [0.15, 0.2) is 5.65 Å². The number of amides is 2. The van der Waals surface area contributed by atoms with E-state index in [4.69, 9.17) is 0 Å². The van der Waals surface area contributed by atoms with E-state index in [1.807, 2.05) is 18.7 Å². The molecule has 0 aromatic carbocycles. The van der Waals surface area contributed by atoms with Gasteiger partial charge in [0.1, 0.15) is 11.3 Å². The van der Waals surface area contributed by atoms with Crippen LogP contribution in [0.15, 0.2) is 25.0 Å². The van der Waals surface area contributed by atoms with Gasteiger partial charge in [-0.2, -0.15) is 0 Å². The highest BCUT2D eigenvalue weighted by Gasteiger charge is 2.55. The molecule has 4 rings (SSSR count). The summed E-state index contributed by atoms with van der Waals surface area (Å²) in [6.45, 7) is 9.66. The fourth-order valence-corrected chi connectivity index (χ4v) is 3.84. The second-order valence-corrected chi connectivity index (χ2v) is 8.24. The number of hydrogen-bond acceptors (Lipinski definition) is 5. The number of likely N-dealkylation sites (tertiary alicyclic amines) is 1. The van der Waals surface area contributed by atoms with E-state index in [1.54, 1.807) is 12.4 Å². The molecule has 8 nitrogen and oxygen atoms in total. The van der Waals surface area contributed by atoms with E-state index >= 15 is 0 Å². The molecular weight excluding hydrogens is 356 g/mol. The second kappa shape index (κ2) is 6.92. The molecule has 2 aromatic heterocycles. The van der Waals surface area contributed by atoms with Crippen molar-refractivity contribution in [2.24, 2.45) is 11.3 Å². The molecule has 2 aromatic rings. The van der Waals surface area contributed by atoms with Crippen molar-refractivity contribution >= 4 is 28.8 Å². The number of nitrogens with zero attached hydrogens (tertiary/aromatic N) is 3. The van der Waals surface area contributed by atoms with Crippen LogP contribution in [0.1, 0.15) is 37.0 Å². The molecule has 1 atom stereocenters. The van der Waals surface area contributed by atoms with Crippen LogP contribution in [0.25, 0.3) is 11.2 Å². The first-order valence-corrected chi connectivity index (χ1v) is 9.72. The van der Waals surface area contributed by atoms with Crippen molar-refractivity contribution in [3.8, 4) is 0 Å². The lowest BCUT2D eigenvalue weighted by Crippen LogP contribution is -2.31. The minimum absolute atomic E-state index is 0.0353. The lowest BCUT2D eigenvalue weighted by atomic mass is 10.0. The third-order valence-corrected chi connectivity index (χ3v) is 5.64. The van der Waals surface area contributed by atoms with Crippen LogP contribution in [0, 0.1) is 11.3 Å². The highest BCUT2D eigenvalue weighted by molar-refractivity contribution is 6.04. The lowest BCUT2D eigenvalue weighted by molar-refractivity contribution is -0.125. The SMILES string of the molecule is C=CC(=O)N1CC(Nc2cnc3[nH]cc(C(=O)NCC(C)C)c3n2)C2(CC2)C1. The summed E-state index contributed by atoms with van der Waals surface area (Å²) in [6, 6.07) is 0.125. The molecule has 2 aliphatic rings. The van der Waals surface area contributed by atoms with Crippen molar-refractivity contribution in [2.45, 2.75) is 32.7 Å². The van der Waals surface area contributed by atoms with Gasteiger partial charge in [0, 0.05) is 31.2 Å². The summed E-state index contributed by atoms with van der Waals surface area (Å²) in [5, 5.41) is 6.37. The smallest absolute Gasteiger partial charge is 0.255 e. The van der Waals surface area contributed by atoms with Gasteiger partial charge in [0.05, 0.1) is 17.8 Å². The Bertz CT molecular complexity index is 930. The predicted molar refractivity (Wildman–Crippen MR) is 107 cm³/mol. The highest BCUT2D eigenvalue weighted by Crippen LogP contribution is 2.53. The molecule has 1 saturated heterocycles. The number of fused-ring (bicyclic) bond motifs is 1. The molecule has 1 aliphatic carbocycles. The summed E-state index contributed by atoms with van der Waals surface area (Å²) in [6.07, 6.45) is 6.87. The Labute approximate surface area is 163 Å². The summed E-state index contributed by atoms with van der Waals surface area (Å²) in [4.78, 5) is 38.4. The third kappa shape index (κ3) is 3.34. The zero-order valence-corrected chi connectivity index (χ0v) is 16.3. The highest BCUT2D eigenvalue weighted by atomic mass is 16.2. The Hall–Kier alpha value is -2.90. The maximum Gasteiger partial charge on any atom is 0.255 e. The van der Waals surface area contributed by atoms with Crippen molar-refractivity contribution in [1.82, 2.24) is 25.2 Å². The van der Waals surface area contributed by atoms with E-state index in [0.717, 1.165) is 19.4 Å². The number of rotatable bonds is 6. The number of carbonyl (C=O) groups is 2. The molecule has 2 fully saturated rings. The van der Waals surface area contributed by atoms with E-state index in [0.29, 0.717) is 41.6 Å². The summed E-state index contributed by atoms with van der Waals surface area (Å²) >= 11 is 0. The van der Waals surface area contributed by atoms with E-state index in [9.17, 15) is 9.59 Å². The van der Waals surface area contributed by atoms with E-state index in [1.165, 1.54) is 6.08 Å². The normalized spacial score (nSPS) is 20.0. The molecule has 8 heteroatoms. The first-order chi connectivity index (χ1) is 13.4. The van der Waals surface area contributed by atoms with Crippen LogP contribution >= 0.6 is 0 Å². The number of aromatic nitrogens is 3. The third-order valence-electron chi connectivity index (χ3n) is 5.64. The molecule has 1 aliphatic heterocycles. The first-order valence-electron chi connectivity index (χ1n) is 9.72. The molecular formula is C20H26N6O2. The minimum atomic E-state index is -0.159. The van der Waals surface area contributed by atoms with E-state index in [2.05, 4.69) is 32.2 Å². The van der Waals surface area contributed by atoms with Crippen molar-refractivity contribution in [2.75, 3.05) is 25.0 Å².